The number of nitrogens with zero attached hydrogens (tertiary/aromatic N) is 3. The Morgan fingerprint density at radius 3 is 2.53 bits per heavy atom. The van der Waals surface area contributed by atoms with Gasteiger partial charge in [0.1, 0.15) is 24.6 Å². The molecule has 2 heterocycles. The average Bonchev–Trinajstić information content (AvgIpc) is 3.20. The van der Waals surface area contributed by atoms with Gasteiger partial charge in [0.2, 0.25) is 0 Å². The Labute approximate surface area is 171 Å². The molecule has 2 aromatic heterocycles. The molecule has 0 aliphatic rings. The molecule has 2 aromatic carbocycles. The van der Waals surface area contributed by atoms with Crippen molar-refractivity contribution in [2.45, 2.75) is 6.61 Å². The lowest BCUT2D eigenvalue weighted by atomic mass is 10.1. The van der Waals surface area contributed by atoms with Gasteiger partial charge in [0.05, 0.1) is 6.20 Å². The molecule has 30 heavy (non-hydrogen) atoms. The molecule has 0 fully saturated rings. The molecule has 2 N–H and O–H groups in total. The summed E-state index contributed by atoms with van der Waals surface area (Å²) in [6, 6.07) is 18.9. The molecule has 8 heteroatoms. The highest BCUT2D eigenvalue weighted by atomic mass is 16.5. The second-order valence-corrected chi connectivity index (χ2v) is 6.51. The van der Waals surface area contributed by atoms with Crippen molar-refractivity contribution in [2.24, 2.45) is 0 Å². The van der Waals surface area contributed by atoms with Crippen LogP contribution in [0.1, 0.15) is 16.1 Å². The minimum absolute atomic E-state index is 0.119. The van der Waals surface area contributed by atoms with Crippen molar-refractivity contribution in [1.82, 2.24) is 19.9 Å². The van der Waals surface area contributed by atoms with Crippen molar-refractivity contribution in [3.8, 4) is 16.9 Å². The molecule has 0 spiro atoms. The van der Waals surface area contributed by atoms with Crippen LogP contribution < -0.4 is 10.1 Å². The molecule has 8 nitrogen and oxygen atoms in total. The van der Waals surface area contributed by atoms with E-state index in [2.05, 4.69) is 15.4 Å². The van der Waals surface area contributed by atoms with E-state index < -0.39 is 18.4 Å². The summed E-state index contributed by atoms with van der Waals surface area (Å²) < 4.78 is 7.37. The number of aliphatic carboxylic acids is 1. The van der Waals surface area contributed by atoms with Crippen molar-refractivity contribution >= 4 is 17.5 Å². The van der Waals surface area contributed by atoms with E-state index in [1.165, 1.54) is 6.07 Å². The highest BCUT2D eigenvalue weighted by Crippen LogP contribution is 2.26. The summed E-state index contributed by atoms with van der Waals surface area (Å²) in [4.78, 5) is 27.1. The van der Waals surface area contributed by atoms with Gasteiger partial charge in [0, 0.05) is 11.8 Å². The zero-order valence-corrected chi connectivity index (χ0v) is 15.9. The van der Waals surface area contributed by atoms with E-state index in [4.69, 9.17) is 9.84 Å². The molecule has 0 radical (unpaired) electrons. The fourth-order valence-electron chi connectivity index (χ4n) is 2.92. The lowest BCUT2D eigenvalue weighted by Crippen LogP contribution is -2.29. The smallest absolute Gasteiger partial charge is 0.322 e. The van der Waals surface area contributed by atoms with Crippen molar-refractivity contribution in [3.63, 3.8) is 0 Å². The Morgan fingerprint density at radius 1 is 1.03 bits per heavy atom. The summed E-state index contributed by atoms with van der Waals surface area (Å²) in [5.41, 5.74) is 3.32. The number of benzene rings is 2. The number of carboxylic acid groups (broad SMARTS) is 1. The Bertz CT molecular complexity index is 1190. The van der Waals surface area contributed by atoms with Crippen LogP contribution in [0.4, 0.5) is 0 Å². The minimum Gasteiger partial charge on any atom is -0.489 e. The lowest BCUT2D eigenvalue weighted by molar-refractivity contribution is -0.135. The van der Waals surface area contributed by atoms with Crippen LogP contribution in [0.5, 0.6) is 5.75 Å². The molecule has 150 valence electrons. The number of rotatable bonds is 7. The maximum absolute atomic E-state index is 12.1. The number of aromatic nitrogens is 3. The van der Waals surface area contributed by atoms with Crippen LogP contribution in [0.3, 0.4) is 0 Å². The van der Waals surface area contributed by atoms with Gasteiger partial charge in [-0.2, -0.15) is 5.10 Å². The number of nitrogens with one attached hydrogen (secondary N) is 1. The maximum Gasteiger partial charge on any atom is 0.322 e. The third-order valence-electron chi connectivity index (χ3n) is 4.42. The van der Waals surface area contributed by atoms with Gasteiger partial charge >= 0.3 is 5.97 Å². The van der Waals surface area contributed by atoms with Crippen LogP contribution in [0.25, 0.3) is 16.8 Å². The van der Waals surface area contributed by atoms with E-state index in [-0.39, 0.29) is 5.69 Å². The van der Waals surface area contributed by atoms with Gasteiger partial charge in [0.15, 0.2) is 5.65 Å². The Kier molecular flexibility index (Phi) is 5.38. The number of fused-ring (bicyclic) bond motifs is 1. The first-order valence-electron chi connectivity index (χ1n) is 9.22. The second kappa shape index (κ2) is 8.44. The van der Waals surface area contributed by atoms with Crippen molar-refractivity contribution in [2.75, 3.05) is 6.54 Å². The molecular weight excluding hydrogens is 384 g/mol. The van der Waals surface area contributed by atoms with Crippen LogP contribution in [0.15, 0.2) is 73.1 Å². The van der Waals surface area contributed by atoms with E-state index in [0.717, 1.165) is 22.4 Å². The van der Waals surface area contributed by atoms with Gasteiger partial charge in [-0.05, 0) is 29.3 Å². The lowest BCUT2D eigenvalue weighted by Gasteiger charge is -2.07. The summed E-state index contributed by atoms with van der Waals surface area (Å²) in [5, 5.41) is 15.3. The molecule has 4 rings (SSSR count). The highest BCUT2D eigenvalue weighted by Gasteiger charge is 2.13. The monoisotopic (exact) mass is 402 g/mol. The van der Waals surface area contributed by atoms with Gasteiger partial charge in [-0.25, -0.2) is 9.50 Å². The molecule has 0 saturated heterocycles. The summed E-state index contributed by atoms with van der Waals surface area (Å²) >= 11 is 0. The predicted molar refractivity (Wildman–Crippen MR) is 109 cm³/mol. The molecule has 4 aromatic rings. The normalized spacial score (nSPS) is 10.7. The summed E-state index contributed by atoms with van der Waals surface area (Å²) in [7, 11) is 0. The number of hydrogen-bond acceptors (Lipinski definition) is 5. The number of amides is 1. The fraction of sp³-hybridized carbons (Fsp3) is 0.0909. The van der Waals surface area contributed by atoms with Crippen molar-refractivity contribution in [1.29, 1.82) is 0 Å². The second-order valence-electron chi connectivity index (χ2n) is 6.51. The van der Waals surface area contributed by atoms with E-state index in [1.807, 2.05) is 54.6 Å². The number of carboxylic acids is 1. The molecule has 0 aliphatic carbocycles. The number of ether oxygens (including phenoxy) is 1. The Hall–Kier alpha value is -4.20. The first kappa shape index (κ1) is 19.1. The first-order valence-corrected chi connectivity index (χ1v) is 9.22. The third kappa shape index (κ3) is 4.27. The zero-order chi connectivity index (χ0) is 20.9. The van der Waals surface area contributed by atoms with Gasteiger partial charge in [-0.15, -0.1) is 0 Å². The first-order chi connectivity index (χ1) is 14.6. The Balaban J connectivity index is 1.53. The quantitative estimate of drug-likeness (QED) is 0.492. The highest BCUT2D eigenvalue weighted by molar-refractivity contribution is 5.95. The largest absolute Gasteiger partial charge is 0.489 e. The summed E-state index contributed by atoms with van der Waals surface area (Å²) in [6.45, 7) is 0.00945. The standard InChI is InChI=1S/C22H18N4O4/c27-20(28)13-23-22(29)19-10-11-26-21(25-19)18(12-24-26)16-6-8-17(9-7-16)30-14-15-4-2-1-3-5-15/h1-12H,13-14H2,(H,23,29)(H,27,28). The van der Waals surface area contributed by atoms with Gasteiger partial charge in [0.25, 0.3) is 5.91 Å². The number of carbonyl (C=O) groups excluding carboxylic acids is 1. The number of carbonyl (C=O) groups is 2. The maximum atomic E-state index is 12.1. The average molecular weight is 402 g/mol. The van der Waals surface area contributed by atoms with Crippen molar-refractivity contribution in [3.05, 3.63) is 84.3 Å². The van der Waals surface area contributed by atoms with Crippen LogP contribution in [0, 0.1) is 0 Å². The predicted octanol–water partition coefficient (Wildman–Crippen LogP) is 2.79. The number of hydrogen-bond donors (Lipinski definition) is 2. The topological polar surface area (TPSA) is 106 Å². The van der Waals surface area contributed by atoms with Crippen LogP contribution >= 0.6 is 0 Å². The van der Waals surface area contributed by atoms with Gasteiger partial charge in [-0.3, -0.25) is 9.59 Å². The summed E-state index contributed by atoms with van der Waals surface area (Å²) in [6.07, 6.45) is 3.28. The summed E-state index contributed by atoms with van der Waals surface area (Å²) in [5.74, 6) is -0.943. The van der Waals surface area contributed by atoms with Crippen molar-refractivity contribution < 1.29 is 19.4 Å². The zero-order valence-electron chi connectivity index (χ0n) is 15.9. The Morgan fingerprint density at radius 2 is 1.80 bits per heavy atom. The minimum atomic E-state index is -1.12. The van der Waals surface area contributed by atoms with Gasteiger partial charge < -0.3 is 15.2 Å². The van der Waals surface area contributed by atoms with E-state index >= 15 is 0 Å². The molecule has 0 atom stereocenters. The van der Waals surface area contributed by atoms with Gasteiger partial charge in [-0.1, -0.05) is 42.5 Å². The molecule has 1 amide bonds. The molecule has 0 bridgehead atoms. The molecule has 0 aliphatic heterocycles. The van der Waals surface area contributed by atoms with Crippen LogP contribution in [0.2, 0.25) is 0 Å². The SMILES string of the molecule is O=C(O)CNC(=O)c1ccn2ncc(-c3ccc(OCc4ccccc4)cc3)c2n1. The third-order valence-corrected chi connectivity index (χ3v) is 4.42. The van der Waals surface area contributed by atoms with Crippen LogP contribution in [-0.2, 0) is 11.4 Å². The molecule has 0 unspecified atom stereocenters. The molecular formula is C22H18N4O4. The van der Waals surface area contributed by atoms with E-state index in [9.17, 15) is 9.59 Å². The van der Waals surface area contributed by atoms with E-state index in [1.54, 1.807) is 16.9 Å². The van der Waals surface area contributed by atoms with Crippen LogP contribution in [-0.4, -0.2) is 38.1 Å². The molecule has 0 saturated carbocycles. The van der Waals surface area contributed by atoms with E-state index in [0.29, 0.717) is 12.3 Å². The fourth-order valence-corrected chi connectivity index (χ4v) is 2.92.